The fraction of sp³-hybridized carbons (Fsp3) is 0.333. The standard InChI is InChI=1S/C9H12FNO2/c10-8-6(2-1-5-11)3-4-7(12)9(8)13/h3-4,12-13H,1-2,5,11H2. The van der Waals surface area contributed by atoms with Crippen molar-refractivity contribution in [1.29, 1.82) is 0 Å². The van der Waals surface area contributed by atoms with Gasteiger partial charge in [0.1, 0.15) is 0 Å². The van der Waals surface area contributed by atoms with E-state index in [1.54, 1.807) is 0 Å². The Morgan fingerprint density at radius 2 is 2.00 bits per heavy atom. The maximum atomic E-state index is 13.1. The number of nitrogens with two attached hydrogens (primary N) is 1. The highest BCUT2D eigenvalue weighted by Gasteiger charge is 2.10. The number of hydrogen-bond donors (Lipinski definition) is 3. The van der Waals surface area contributed by atoms with Crippen LogP contribution in [0.15, 0.2) is 12.1 Å². The summed E-state index contributed by atoms with van der Waals surface area (Å²) in [5.74, 6) is -1.88. The van der Waals surface area contributed by atoms with Gasteiger partial charge < -0.3 is 15.9 Å². The van der Waals surface area contributed by atoms with Gasteiger partial charge in [0.2, 0.25) is 0 Å². The summed E-state index contributed by atoms with van der Waals surface area (Å²) in [6, 6.07) is 2.71. The molecule has 0 unspecified atom stereocenters. The van der Waals surface area contributed by atoms with Crippen molar-refractivity contribution in [3.63, 3.8) is 0 Å². The summed E-state index contributed by atoms with van der Waals surface area (Å²) in [5.41, 5.74) is 5.64. The minimum absolute atomic E-state index is 0.376. The monoisotopic (exact) mass is 185 g/mol. The first-order valence-electron chi connectivity index (χ1n) is 4.06. The van der Waals surface area contributed by atoms with Crippen LogP contribution in [0.5, 0.6) is 11.5 Å². The van der Waals surface area contributed by atoms with Gasteiger partial charge in [-0.3, -0.25) is 0 Å². The number of hydrogen-bond acceptors (Lipinski definition) is 3. The molecule has 0 aromatic heterocycles. The average molecular weight is 185 g/mol. The lowest BCUT2D eigenvalue weighted by Crippen LogP contribution is -2.01. The first-order chi connectivity index (χ1) is 6.16. The van der Waals surface area contributed by atoms with E-state index in [0.717, 1.165) is 0 Å². The highest BCUT2D eigenvalue weighted by molar-refractivity contribution is 5.42. The van der Waals surface area contributed by atoms with Crippen LogP contribution >= 0.6 is 0 Å². The lowest BCUT2D eigenvalue weighted by molar-refractivity contribution is 0.376. The lowest BCUT2D eigenvalue weighted by atomic mass is 10.1. The minimum atomic E-state index is -0.756. The number of benzene rings is 1. The molecule has 0 saturated heterocycles. The van der Waals surface area contributed by atoms with E-state index >= 15 is 0 Å². The van der Waals surface area contributed by atoms with Gasteiger partial charge in [0.25, 0.3) is 0 Å². The van der Waals surface area contributed by atoms with Crippen molar-refractivity contribution >= 4 is 0 Å². The van der Waals surface area contributed by atoms with Crippen LogP contribution < -0.4 is 5.73 Å². The second-order valence-electron chi connectivity index (χ2n) is 2.80. The molecule has 1 rings (SSSR count). The van der Waals surface area contributed by atoms with E-state index in [9.17, 15) is 4.39 Å². The molecule has 0 bridgehead atoms. The van der Waals surface area contributed by atoms with Crippen molar-refractivity contribution in [3.05, 3.63) is 23.5 Å². The van der Waals surface area contributed by atoms with E-state index < -0.39 is 17.3 Å². The predicted molar refractivity (Wildman–Crippen MR) is 47.1 cm³/mol. The Balaban J connectivity index is 2.90. The lowest BCUT2D eigenvalue weighted by Gasteiger charge is -2.04. The molecule has 0 spiro atoms. The molecule has 3 nitrogen and oxygen atoms in total. The highest BCUT2D eigenvalue weighted by atomic mass is 19.1. The van der Waals surface area contributed by atoms with Crippen LogP contribution in [0.4, 0.5) is 4.39 Å². The average Bonchev–Trinajstić information content (AvgIpc) is 2.13. The fourth-order valence-corrected chi connectivity index (χ4v) is 1.08. The molecule has 0 heterocycles. The van der Waals surface area contributed by atoms with E-state index in [2.05, 4.69) is 0 Å². The number of aromatic hydroxyl groups is 2. The number of aryl methyl sites for hydroxylation is 1. The van der Waals surface area contributed by atoms with Gasteiger partial charge in [0.05, 0.1) is 0 Å². The van der Waals surface area contributed by atoms with Gasteiger partial charge in [-0.25, -0.2) is 4.39 Å². The molecule has 0 radical (unpaired) electrons. The number of phenols is 2. The van der Waals surface area contributed by atoms with Gasteiger partial charge in [0, 0.05) is 0 Å². The number of phenolic OH excluding ortho intramolecular Hbond substituents is 2. The Morgan fingerprint density at radius 1 is 1.31 bits per heavy atom. The zero-order chi connectivity index (χ0) is 9.84. The van der Waals surface area contributed by atoms with Crippen molar-refractivity contribution in [2.75, 3.05) is 6.54 Å². The van der Waals surface area contributed by atoms with Crippen molar-refractivity contribution in [1.82, 2.24) is 0 Å². The second-order valence-corrected chi connectivity index (χ2v) is 2.80. The molecule has 72 valence electrons. The Labute approximate surface area is 75.6 Å². The van der Waals surface area contributed by atoms with Crippen LogP contribution in [0.25, 0.3) is 0 Å². The van der Waals surface area contributed by atoms with E-state index in [4.69, 9.17) is 15.9 Å². The molecular weight excluding hydrogens is 173 g/mol. The Hall–Kier alpha value is -1.29. The van der Waals surface area contributed by atoms with Crippen LogP contribution in [0.3, 0.4) is 0 Å². The SMILES string of the molecule is NCCCc1ccc(O)c(O)c1F. The predicted octanol–water partition coefficient (Wildman–Crippen LogP) is 1.13. The van der Waals surface area contributed by atoms with Crippen LogP contribution in [0.1, 0.15) is 12.0 Å². The van der Waals surface area contributed by atoms with Crippen LogP contribution in [-0.2, 0) is 6.42 Å². The Kier molecular flexibility index (Phi) is 3.08. The third-order valence-corrected chi connectivity index (χ3v) is 1.83. The number of rotatable bonds is 3. The quantitative estimate of drug-likeness (QED) is 0.618. The third-order valence-electron chi connectivity index (χ3n) is 1.83. The zero-order valence-corrected chi connectivity index (χ0v) is 7.13. The smallest absolute Gasteiger partial charge is 0.194 e. The molecule has 13 heavy (non-hydrogen) atoms. The molecule has 0 aliphatic rings. The fourth-order valence-electron chi connectivity index (χ4n) is 1.08. The minimum Gasteiger partial charge on any atom is -0.504 e. The van der Waals surface area contributed by atoms with Gasteiger partial charge >= 0.3 is 0 Å². The molecule has 0 amide bonds. The van der Waals surface area contributed by atoms with Crippen molar-refractivity contribution in [2.24, 2.45) is 5.73 Å². The molecule has 0 fully saturated rings. The van der Waals surface area contributed by atoms with Gasteiger partial charge in [0.15, 0.2) is 17.3 Å². The molecule has 0 aliphatic heterocycles. The van der Waals surface area contributed by atoms with Crippen LogP contribution in [0.2, 0.25) is 0 Å². The van der Waals surface area contributed by atoms with Gasteiger partial charge in [-0.1, -0.05) is 6.07 Å². The van der Waals surface area contributed by atoms with Gasteiger partial charge in [-0.05, 0) is 31.0 Å². The largest absolute Gasteiger partial charge is 0.504 e. The second kappa shape index (κ2) is 4.09. The van der Waals surface area contributed by atoms with E-state index in [0.29, 0.717) is 24.9 Å². The Morgan fingerprint density at radius 3 is 2.62 bits per heavy atom. The van der Waals surface area contributed by atoms with E-state index in [1.165, 1.54) is 12.1 Å². The molecule has 0 aliphatic carbocycles. The first kappa shape index (κ1) is 9.80. The maximum Gasteiger partial charge on any atom is 0.194 e. The molecule has 0 atom stereocenters. The molecule has 4 heteroatoms. The summed E-state index contributed by atoms with van der Waals surface area (Å²) in [7, 11) is 0. The molecular formula is C9H12FNO2. The number of halogens is 1. The highest BCUT2D eigenvalue weighted by Crippen LogP contribution is 2.29. The van der Waals surface area contributed by atoms with E-state index in [1.807, 2.05) is 0 Å². The summed E-state index contributed by atoms with van der Waals surface area (Å²) >= 11 is 0. The third kappa shape index (κ3) is 2.09. The molecule has 1 aromatic rings. The van der Waals surface area contributed by atoms with Gasteiger partial charge in [-0.15, -0.1) is 0 Å². The maximum absolute atomic E-state index is 13.1. The van der Waals surface area contributed by atoms with Crippen LogP contribution in [-0.4, -0.2) is 16.8 Å². The van der Waals surface area contributed by atoms with Crippen LogP contribution in [0, 0.1) is 5.82 Å². The topological polar surface area (TPSA) is 66.5 Å². The summed E-state index contributed by atoms with van der Waals surface area (Å²) in [6.07, 6.45) is 1.12. The van der Waals surface area contributed by atoms with Crippen molar-refractivity contribution < 1.29 is 14.6 Å². The first-order valence-corrected chi connectivity index (χ1v) is 4.06. The Bertz CT molecular complexity index is 302. The summed E-state index contributed by atoms with van der Waals surface area (Å²) in [5, 5.41) is 18.0. The molecule has 1 aromatic carbocycles. The normalized spacial score (nSPS) is 10.3. The summed E-state index contributed by atoms with van der Waals surface area (Å²) < 4.78 is 13.1. The van der Waals surface area contributed by atoms with Crippen molar-refractivity contribution in [3.8, 4) is 11.5 Å². The zero-order valence-electron chi connectivity index (χ0n) is 7.13. The molecule has 4 N–H and O–H groups in total. The van der Waals surface area contributed by atoms with Crippen molar-refractivity contribution in [2.45, 2.75) is 12.8 Å². The summed E-state index contributed by atoms with van der Waals surface area (Å²) in [6.45, 7) is 0.473. The van der Waals surface area contributed by atoms with Gasteiger partial charge in [-0.2, -0.15) is 0 Å². The molecule has 0 saturated carbocycles. The van der Waals surface area contributed by atoms with E-state index in [-0.39, 0.29) is 0 Å². The summed E-state index contributed by atoms with van der Waals surface area (Å²) in [4.78, 5) is 0.